The number of hydrogen-bond acceptors (Lipinski definition) is 5. The fourth-order valence-corrected chi connectivity index (χ4v) is 2.91. The van der Waals surface area contributed by atoms with Crippen LogP contribution in [0, 0.1) is 6.92 Å². The van der Waals surface area contributed by atoms with Crippen LogP contribution in [0.2, 0.25) is 0 Å². The van der Waals surface area contributed by atoms with Gasteiger partial charge in [-0.15, -0.1) is 11.3 Å². The lowest BCUT2D eigenvalue weighted by atomic mass is 10.00. The van der Waals surface area contributed by atoms with E-state index < -0.39 is 0 Å². The number of nitrogens with one attached hydrogen (secondary N) is 1. The molecule has 0 fully saturated rings. The van der Waals surface area contributed by atoms with E-state index in [0.717, 1.165) is 28.8 Å². The molecular weight excluding hydrogens is 270 g/mol. The molecule has 0 saturated heterocycles. The third kappa shape index (κ3) is 3.27. The van der Waals surface area contributed by atoms with E-state index in [1.165, 1.54) is 0 Å². The molecule has 0 bridgehead atoms. The zero-order valence-electron chi connectivity index (χ0n) is 12.9. The Hall–Kier alpha value is -1.20. The largest absolute Gasteiger partial charge is 0.444 e. The predicted octanol–water partition coefficient (Wildman–Crippen LogP) is 3.98. The highest BCUT2D eigenvalue weighted by molar-refractivity contribution is 7.09. The number of rotatable bonds is 6. The minimum Gasteiger partial charge on any atom is -0.444 e. The molecule has 5 heteroatoms. The Morgan fingerprint density at radius 2 is 2.20 bits per heavy atom. The maximum Gasteiger partial charge on any atom is 0.208 e. The number of thiazole rings is 1. The van der Waals surface area contributed by atoms with Crippen LogP contribution in [0.4, 0.5) is 0 Å². The maximum atomic E-state index is 5.74. The summed E-state index contributed by atoms with van der Waals surface area (Å²) in [5, 5.41) is 6.74. The minimum atomic E-state index is -0.134. The Kier molecular flexibility index (Phi) is 4.60. The molecule has 0 aliphatic heterocycles. The van der Waals surface area contributed by atoms with Gasteiger partial charge in [-0.25, -0.2) is 9.97 Å². The maximum absolute atomic E-state index is 5.74. The Morgan fingerprint density at radius 3 is 2.70 bits per heavy atom. The Morgan fingerprint density at radius 1 is 1.45 bits per heavy atom. The van der Waals surface area contributed by atoms with Crippen LogP contribution in [-0.2, 0) is 12.1 Å². The predicted molar refractivity (Wildman–Crippen MR) is 81.9 cm³/mol. The summed E-state index contributed by atoms with van der Waals surface area (Å²) in [5.41, 5.74) is 0.940. The molecule has 20 heavy (non-hydrogen) atoms. The molecule has 0 saturated carbocycles. The van der Waals surface area contributed by atoms with Crippen molar-refractivity contribution in [1.29, 1.82) is 0 Å². The first-order valence-electron chi connectivity index (χ1n) is 7.07. The minimum absolute atomic E-state index is 0.134. The molecule has 2 aromatic rings. The van der Waals surface area contributed by atoms with Crippen molar-refractivity contribution in [3.05, 3.63) is 33.9 Å². The molecule has 0 aromatic carbocycles. The van der Waals surface area contributed by atoms with Gasteiger partial charge in [-0.05, 0) is 20.3 Å². The lowest BCUT2D eigenvalue weighted by Gasteiger charge is -2.26. The van der Waals surface area contributed by atoms with Gasteiger partial charge in [-0.3, -0.25) is 5.32 Å². The molecule has 0 amide bonds. The lowest BCUT2D eigenvalue weighted by molar-refractivity contribution is 0.320. The zero-order chi connectivity index (χ0) is 14.8. The molecule has 2 rings (SSSR count). The van der Waals surface area contributed by atoms with E-state index in [2.05, 4.69) is 48.4 Å². The van der Waals surface area contributed by atoms with E-state index in [-0.39, 0.29) is 5.54 Å². The smallest absolute Gasteiger partial charge is 0.208 e. The highest BCUT2D eigenvalue weighted by Crippen LogP contribution is 2.28. The van der Waals surface area contributed by atoms with Gasteiger partial charge in [0, 0.05) is 17.0 Å². The highest BCUT2D eigenvalue weighted by atomic mass is 32.1. The van der Waals surface area contributed by atoms with Crippen LogP contribution in [0.1, 0.15) is 62.4 Å². The van der Waals surface area contributed by atoms with Crippen molar-refractivity contribution in [2.45, 2.75) is 59.0 Å². The average molecular weight is 293 g/mol. The second-order valence-corrected chi connectivity index (χ2v) is 6.50. The van der Waals surface area contributed by atoms with E-state index in [0.29, 0.717) is 12.5 Å². The van der Waals surface area contributed by atoms with Gasteiger partial charge in [0.2, 0.25) is 5.89 Å². The van der Waals surface area contributed by atoms with Crippen LogP contribution in [0.15, 0.2) is 16.0 Å². The van der Waals surface area contributed by atoms with Gasteiger partial charge in [0.25, 0.3) is 0 Å². The summed E-state index contributed by atoms with van der Waals surface area (Å²) in [4.78, 5) is 8.93. The topological polar surface area (TPSA) is 51.0 Å². The van der Waals surface area contributed by atoms with Gasteiger partial charge < -0.3 is 4.42 Å². The van der Waals surface area contributed by atoms with Gasteiger partial charge in [-0.2, -0.15) is 0 Å². The van der Waals surface area contributed by atoms with Crippen molar-refractivity contribution in [2.75, 3.05) is 0 Å². The first kappa shape index (κ1) is 15.2. The molecule has 1 atom stereocenters. The van der Waals surface area contributed by atoms with Crippen LogP contribution in [0.25, 0.3) is 0 Å². The summed E-state index contributed by atoms with van der Waals surface area (Å²) in [6, 6.07) is 0. The fraction of sp³-hybridized carbons (Fsp3) is 0.600. The summed E-state index contributed by atoms with van der Waals surface area (Å²) in [6.45, 7) is 11.2. The molecular formula is C15H23N3OS. The first-order chi connectivity index (χ1) is 9.44. The number of aryl methyl sites for hydroxylation is 1. The zero-order valence-corrected chi connectivity index (χ0v) is 13.7. The Bertz CT molecular complexity index is 561. The number of nitrogens with zero attached hydrogens (tertiary/aromatic N) is 2. The van der Waals surface area contributed by atoms with E-state index in [9.17, 15) is 0 Å². The molecule has 0 unspecified atom stereocenters. The molecule has 110 valence electrons. The fourth-order valence-electron chi connectivity index (χ4n) is 1.90. The van der Waals surface area contributed by atoms with E-state index in [4.69, 9.17) is 4.42 Å². The number of hydrogen-bond donors (Lipinski definition) is 1. The van der Waals surface area contributed by atoms with Gasteiger partial charge in [-0.1, -0.05) is 20.8 Å². The molecule has 0 radical (unpaired) electrons. The van der Waals surface area contributed by atoms with Crippen molar-refractivity contribution in [1.82, 2.24) is 15.3 Å². The molecule has 1 N–H and O–H groups in total. The van der Waals surface area contributed by atoms with Crippen LogP contribution >= 0.6 is 11.3 Å². The molecule has 2 aromatic heterocycles. The summed E-state index contributed by atoms with van der Waals surface area (Å²) in [7, 11) is 0. The molecule has 0 aliphatic carbocycles. The van der Waals surface area contributed by atoms with Crippen molar-refractivity contribution >= 4 is 11.3 Å². The standard InChI is InChI=1S/C15H23N3OS/c1-6-15(5,14-18-11(4)9-20-14)17-8-13-16-7-12(19-13)10(2)3/h7,9-10,17H,6,8H2,1-5H3/t15-/m0/s1. The van der Waals surface area contributed by atoms with Crippen LogP contribution < -0.4 is 5.32 Å². The van der Waals surface area contributed by atoms with Crippen LogP contribution in [-0.4, -0.2) is 9.97 Å². The second-order valence-electron chi connectivity index (χ2n) is 5.64. The van der Waals surface area contributed by atoms with Gasteiger partial charge in [0.1, 0.15) is 10.8 Å². The van der Waals surface area contributed by atoms with Gasteiger partial charge >= 0.3 is 0 Å². The number of oxazole rings is 1. The third-order valence-electron chi connectivity index (χ3n) is 3.57. The van der Waals surface area contributed by atoms with Gasteiger partial charge in [0.15, 0.2) is 0 Å². The summed E-state index contributed by atoms with van der Waals surface area (Å²) < 4.78 is 5.74. The Balaban J connectivity index is 2.06. The van der Waals surface area contributed by atoms with Crippen molar-refractivity contribution in [3.63, 3.8) is 0 Å². The van der Waals surface area contributed by atoms with E-state index >= 15 is 0 Å². The third-order valence-corrected chi connectivity index (χ3v) is 4.79. The molecule has 4 nitrogen and oxygen atoms in total. The van der Waals surface area contributed by atoms with E-state index in [1.54, 1.807) is 11.3 Å². The summed E-state index contributed by atoms with van der Waals surface area (Å²) in [6.07, 6.45) is 2.79. The Labute approximate surface area is 124 Å². The monoisotopic (exact) mass is 293 g/mol. The molecule has 0 aliphatic rings. The van der Waals surface area contributed by atoms with Crippen LogP contribution in [0.3, 0.4) is 0 Å². The van der Waals surface area contributed by atoms with E-state index in [1.807, 2.05) is 13.1 Å². The normalized spacial score (nSPS) is 14.7. The van der Waals surface area contributed by atoms with Crippen molar-refractivity contribution in [3.8, 4) is 0 Å². The number of aromatic nitrogens is 2. The molecule has 2 heterocycles. The van der Waals surface area contributed by atoms with Crippen molar-refractivity contribution < 1.29 is 4.42 Å². The quantitative estimate of drug-likeness (QED) is 0.875. The average Bonchev–Trinajstić information content (AvgIpc) is 3.05. The SMILES string of the molecule is CC[C@](C)(NCc1ncc(C(C)C)o1)c1nc(C)cs1. The first-order valence-corrected chi connectivity index (χ1v) is 7.95. The lowest BCUT2D eigenvalue weighted by Crippen LogP contribution is -2.38. The molecule has 0 spiro atoms. The second kappa shape index (κ2) is 6.06. The van der Waals surface area contributed by atoms with Crippen molar-refractivity contribution in [2.24, 2.45) is 0 Å². The highest BCUT2D eigenvalue weighted by Gasteiger charge is 2.27. The summed E-state index contributed by atoms with van der Waals surface area (Å²) >= 11 is 1.70. The van der Waals surface area contributed by atoms with Crippen LogP contribution in [0.5, 0.6) is 0 Å². The summed E-state index contributed by atoms with van der Waals surface area (Å²) in [5.74, 6) is 2.04. The van der Waals surface area contributed by atoms with Gasteiger partial charge in [0.05, 0.1) is 18.3 Å².